The molecule has 4 rings (SSSR count). The number of aromatic nitrogens is 3. The number of carbonyl (C=O) groups is 1. The smallest absolute Gasteiger partial charge is 0.277 e. The van der Waals surface area contributed by atoms with Crippen LogP contribution in [-0.2, 0) is 4.79 Å². The van der Waals surface area contributed by atoms with Gasteiger partial charge in [-0.15, -0.1) is 10.2 Å². The van der Waals surface area contributed by atoms with Gasteiger partial charge in [-0.1, -0.05) is 36.0 Å². The number of amides is 1. The standard InChI is InChI=1S/C20H16N4O2S/c1-13(27-20-24-23-19(26-20)14-7-3-2-4-8-14)18(25)22-17-11-5-10-16-15(17)9-6-12-21-16/h2-13H,1H3,(H,22,25). The molecule has 2 aromatic heterocycles. The van der Waals surface area contributed by atoms with E-state index in [4.69, 9.17) is 4.42 Å². The first-order valence-electron chi connectivity index (χ1n) is 8.41. The predicted molar refractivity (Wildman–Crippen MR) is 105 cm³/mol. The number of pyridine rings is 1. The summed E-state index contributed by atoms with van der Waals surface area (Å²) in [4.78, 5) is 16.9. The van der Waals surface area contributed by atoms with Gasteiger partial charge in [0.2, 0.25) is 11.8 Å². The van der Waals surface area contributed by atoms with Gasteiger partial charge in [-0.2, -0.15) is 0 Å². The van der Waals surface area contributed by atoms with E-state index < -0.39 is 5.25 Å². The van der Waals surface area contributed by atoms with Crippen molar-refractivity contribution < 1.29 is 9.21 Å². The zero-order chi connectivity index (χ0) is 18.6. The maximum atomic E-state index is 12.6. The molecule has 1 unspecified atom stereocenters. The van der Waals surface area contributed by atoms with E-state index in [-0.39, 0.29) is 5.91 Å². The molecule has 1 atom stereocenters. The SMILES string of the molecule is CC(Sc1nnc(-c2ccccc2)o1)C(=O)Nc1cccc2ncccc12. The van der Waals surface area contributed by atoms with Crippen molar-refractivity contribution in [3.63, 3.8) is 0 Å². The van der Waals surface area contributed by atoms with Crippen molar-refractivity contribution in [2.45, 2.75) is 17.4 Å². The summed E-state index contributed by atoms with van der Waals surface area (Å²) in [6.07, 6.45) is 1.73. The molecule has 0 aliphatic carbocycles. The highest BCUT2D eigenvalue weighted by molar-refractivity contribution is 8.00. The molecule has 4 aromatic rings. The molecule has 0 saturated carbocycles. The molecule has 1 amide bonds. The van der Waals surface area contributed by atoms with Gasteiger partial charge >= 0.3 is 0 Å². The summed E-state index contributed by atoms with van der Waals surface area (Å²) in [5.74, 6) is 0.293. The molecule has 1 N–H and O–H groups in total. The zero-order valence-electron chi connectivity index (χ0n) is 14.5. The fourth-order valence-corrected chi connectivity index (χ4v) is 3.29. The molecule has 0 fully saturated rings. The number of carbonyl (C=O) groups excluding carboxylic acids is 1. The van der Waals surface area contributed by atoms with Crippen molar-refractivity contribution in [2.24, 2.45) is 0 Å². The molecule has 0 radical (unpaired) electrons. The van der Waals surface area contributed by atoms with Gasteiger partial charge in [-0.3, -0.25) is 9.78 Å². The molecule has 27 heavy (non-hydrogen) atoms. The average molecular weight is 376 g/mol. The molecule has 0 bridgehead atoms. The first-order valence-corrected chi connectivity index (χ1v) is 9.29. The van der Waals surface area contributed by atoms with Crippen LogP contribution in [0.2, 0.25) is 0 Å². The summed E-state index contributed by atoms with van der Waals surface area (Å²) in [5, 5.41) is 11.9. The molecule has 7 heteroatoms. The Morgan fingerprint density at radius 2 is 1.89 bits per heavy atom. The average Bonchev–Trinajstić information content (AvgIpc) is 3.17. The second kappa shape index (κ2) is 7.59. The maximum Gasteiger partial charge on any atom is 0.277 e. The molecule has 2 aromatic carbocycles. The molecule has 0 spiro atoms. The lowest BCUT2D eigenvalue weighted by Crippen LogP contribution is -2.22. The first-order chi connectivity index (χ1) is 13.2. The lowest BCUT2D eigenvalue weighted by molar-refractivity contribution is -0.115. The molecule has 6 nitrogen and oxygen atoms in total. The topological polar surface area (TPSA) is 80.9 Å². The van der Waals surface area contributed by atoms with Crippen molar-refractivity contribution in [3.05, 3.63) is 66.9 Å². The van der Waals surface area contributed by atoms with Crippen LogP contribution < -0.4 is 5.32 Å². The zero-order valence-corrected chi connectivity index (χ0v) is 15.3. The Morgan fingerprint density at radius 1 is 1.04 bits per heavy atom. The Morgan fingerprint density at radius 3 is 2.74 bits per heavy atom. The van der Waals surface area contributed by atoms with Crippen LogP contribution >= 0.6 is 11.8 Å². The van der Waals surface area contributed by atoms with E-state index in [1.807, 2.05) is 60.7 Å². The third-order valence-corrected chi connectivity index (χ3v) is 4.91. The van der Waals surface area contributed by atoms with Gasteiger partial charge in [0.1, 0.15) is 0 Å². The number of anilines is 1. The van der Waals surface area contributed by atoms with Gasteiger partial charge in [0.15, 0.2) is 0 Å². The quantitative estimate of drug-likeness (QED) is 0.520. The number of rotatable bonds is 5. The van der Waals surface area contributed by atoms with Crippen molar-refractivity contribution in [3.8, 4) is 11.5 Å². The summed E-state index contributed by atoms with van der Waals surface area (Å²) < 4.78 is 5.66. The Hall–Kier alpha value is -3.19. The van der Waals surface area contributed by atoms with Gasteiger partial charge in [0, 0.05) is 17.1 Å². The highest BCUT2D eigenvalue weighted by Gasteiger charge is 2.19. The van der Waals surface area contributed by atoms with Crippen LogP contribution in [0.4, 0.5) is 5.69 Å². The molecular weight excluding hydrogens is 360 g/mol. The lowest BCUT2D eigenvalue weighted by atomic mass is 10.2. The first kappa shape index (κ1) is 17.2. The maximum absolute atomic E-state index is 12.6. The van der Waals surface area contributed by atoms with Crippen LogP contribution in [0.1, 0.15) is 6.92 Å². The van der Waals surface area contributed by atoms with E-state index >= 15 is 0 Å². The van der Waals surface area contributed by atoms with Gasteiger partial charge in [-0.05, 0) is 43.3 Å². The summed E-state index contributed by atoms with van der Waals surface area (Å²) in [7, 11) is 0. The van der Waals surface area contributed by atoms with Crippen LogP contribution in [0.5, 0.6) is 0 Å². The predicted octanol–water partition coefficient (Wildman–Crippen LogP) is 4.40. The number of nitrogens with one attached hydrogen (secondary N) is 1. The molecule has 2 heterocycles. The minimum Gasteiger partial charge on any atom is -0.411 e. The highest BCUT2D eigenvalue weighted by Crippen LogP contribution is 2.27. The third-order valence-electron chi connectivity index (χ3n) is 3.98. The van der Waals surface area contributed by atoms with E-state index in [0.29, 0.717) is 11.1 Å². The number of hydrogen-bond acceptors (Lipinski definition) is 6. The van der Waals surface area contributed by atoms with E-state index in [2.05, 4.69) is 20.5 Å². The third kappa shape index (κ3) is 3.83. The summed E-state index contributed by atoms with van der Waals surface area (Å²) in [6, 6.07) is 18.9. The second-order valence-electron chi connectivity index (χ2n) is 5.86. The van der Waals surface area contributed by atoms with Gasteiger partial charge < -0.3 is 9.73 Å². The van der Waals surface area contributed by atoms with Crippen molar-refractivity contribution >= 4 is 34.3 Å². The van der Waals surface area contributed by atoms with Crippen molar-refractivity contribution in [2.75, 3.05) is 5.32 Å². The number of nitrogens with zero attached hydrogens (tertiary/aromatic N) is 3. The van der Waals surface area contributed by atoms with Crippen LogP contribution in [-0.4, -0.2) is 26.3 Å². The monoisotopic (exact) mass is 376 g/mol. The molecule has 0 saturated heterocycles. The molecular formula is C20H16N4O2S. The van der Waals surface area contributed by atoms with E-state index in [1.165, 1.54) is 11.8 Å². The lowest BCUT2D eigenvalue weighted by Gasteiger charge is -2.11. The Labute approximate surface area is 160 Å². The molecule has 134 valence electrons. The molecule has 0 aliphatic rings. The van der Waals surface area contributed by atoms with E-state index in [9.17, 15) is 4.79 Å². The van der Waals surface area contributed by atoms with Crippen LogP contribution in [0.3, 0.4) is 0 Å². The van der Waals surface area contributed by atoms with Gasteiger partial charge in [0.25, 0.3) is 5.22 Å². The minimum atomic E-state index is -0.402. The Balaban J connectivity index is 1.46. The van der Waals surface area contributed by atoms with Gasteiger partial charge in [0.05, 0.1) is 16.5 Å². The molecule has 0 aliphatic heterocycles. The van der Waals surface area contributed by atoms with E-state index in [1.54, 1.807) is 13.1 Å². The largest absolute Gasteiger partial charge is 0.411 e. The normalized spacial score (nSPS) is 12.0. The number of thioether (sulfide) groups is 1. The minimum absolute atomic E-state index is 0.143. The number of fused-ring (bicyclic) bond motifs is 1. The fraction of sp³-hybridized carbons (Fsp3) is 0.100. The van der Waals surface area contributed by atoms with Crippen LogP contribution in [0.25, 0.3) is 22.4 Å². The summed E-state index contributed by atoms with van der Waals surface area (Å²) in [6.45, 7) is 1.80. The van der Waals surface area contributed by atoms with E-state index in [0.717, 1.165) is 22.2 Å². The Kier molecular flexibility index (Phi) is 4.84. The highest BCUT2D eigenvalue weighted by atomic mass is 32.2. The van der Waals surface area contributed by atoms with Crippen LogP contribution in [0, 0.1) is 0 Å². The van der Waals surface area contributed by atoms with Crippen LogP contribution in [0.15, 0.2) is 76.5 Å². The fourth-order valence-electron chi connectivity index (χ4n) is 2.61. The number of hydrogen-bond donors (Lipinski definition) is 1. The Bertz CT molecular complexity index is 1080. The number of benzene rings is 2. The van der Waals surface area contributed by atoms with Crippen molar-refractivity contribution in [1.82, 2.24) is 15.2 Å². The van der Waals surface area contributed by atoms with Crippen molar-refractivity contribution in [1.29, 1.82) is 0 Å². The second-order valence-corrected chi connectivity index (χ2v) is 7.16. The van der Waals surface area contributed by atoms with Gasteiger partial charge in [-0.25, -0.2) is 0 Å². The summed E-state index contributed by atoms with van der Waals surface area (Å²) in [5.41, 5.74) is 2.41. The summed E-state index contributed by atoms with van der Waals surface area (Å²) >= 11 is 1.22.